The van der Waals surface area contributed by atoms with Gasteiger partial charge in [-0.3, -0.25) is 9.69 Å². The fraction of sp³-hybridized carbons (Fsp3) is 0.526. The summed E-state index contributed by atoms with van der Waals surface area (Å²) < 4.78 is 0. The van der Waals surface area contributed by atoms with Crippen molar-refractivity contribution in [2.75, 3.05) is 26.2 Å². The van der Waals surface area contributed by atoms with E-state index in [2.05, 4.69) is 49.9 Å². The van der Waals surface area contributed by atoms with E-state index >= 15 is 0 Å². The Bertz CT molecular complexity index is 563. The Labute approximate surface area is 134 Å². The van der Waals surface area contributed by atoms with Gasteiger partial charge in [-0.25, -0.2) is 0 Å². The number of piperazine rings is 1. The summed E-state index contributed by atoms with van der Waals surface area (Å²) in [6.45, 7) is 12.5. The summed E-state index contributed by atoms with van der Waals surface area (Å²) in [7, 11) is 0. The Balaban J connectivity index is 2.12. The molecule has 2 rings (SSSR count). The van der Waals surface area contributed by atoms with Crippen LogP contribution in [0.5, 0.6) is 0 Å². The summed E-state index contributed by atoms with van der Waals surface area (Å²) in [5.74, 6) is 0.254. The predicted octanol–water partition coefficient (Wildman–Crippen LogP) is 3.34. The van der Waals surface area contributed by atoms with Gasteiger partial charge in [0.15, 0.2) is 0 Å². The van der Waals surface area contributed by atoms with E-state index in [-0.39, 0.29) is 5.91 Å². The lowest BCUT2D eigenvalue weighted by Gasteiger charge is -2.33. The van der Waals surface area contributed by atoms with Crippen molar-refractivity contribution in [3.63, 3.8) is 0 Å². The summed E-state index contributed by atoms with van der Waals surface area (Å²) in [6, 6.07) is 6.74. The highest BCUT2D eigenvalue weighted by molar-refractivity contribution is 5.79. The number of nitrogens with zero attached hydrogens (tertiary/aromatic N) is 2. The van der Waals surface area contributed by atoms with Gasteiger partial charge in [0.05, 0.1) is 6.54 Å². The average molecular weight is 300 g/mol. The zero-order valence-electron chi connectivity index (χ0n) is 14.4. The monoisotopic (exact) mass is 300 g/mol. The van der Waals surface area contributed by atoms with Crippen LogP contribution in [0.2, 0.25) is 0 Å². The van der Waals surface area contributed by atoms with Crippen LogP contribution in [0.3, 0.4) is 0 Å². The van der Waals surface area contributed by atoms with E-state index in [1.54, 1.807) is 0 Å². The molecule has 1 saturated heterocycles. The lowest BCUT2D eigenvalue weighted by atomic mass is 9.96. The van der Waals surface area contributed by atoms with E-state index in [0.717, 1.165) is 32.6 Å². The maximum Gasteiger partial charge on any atom is 0.236 e. The minimum atomic E-state index is 0.254. The minimum absolute atomic E-state index is 0.254. The Morgan fingerprint density at radius 3 is 2.64 bits per heavy atom. The molecule has 22 heavy (non-hydrogen) atoms. The van der Waals surface area contributed by atoms with Crippen molar-refractivity contribution < 1.29 is 4.79 Å². The first-order chi connectivity index (χ1) is 10.6. The van der Waals surface area contributed by atoms with Crippen LogP contribution >= 0.6 is 0 Å². The molecule has 1 aliphatic heterocycles. The van der Waals surface area contributed by atoms with Gasteiger partial charge in [-0.1, -0.05) is 25.1 Å². The van der Waals surface area contributed by atoms with E-state index in [1.165, 1.54) is 22.3 Å². The number of hydrogen-bond acceptors (Lipinski definition) is 2. The van der Waals surface area contributed by atoms with Crippen molar-refractivity contribution in [1.29, 1.82) is 0 Å². The first-order valence-corrected chi connectivity index (χ1v) is 8.34. The Kier molecular flexibility index (Phi) is 5.78. The topological polar surface area (TPSA) is 23.6 Å². The number of hydrogen-bond donors (Lipinski definition) is 0. The SMILES string of the molecule is CC=C(C)c1cc(CN2CCN(CC)C(=O)C2)ccc1CC. The largest absolute Gasteiger partial charge is 0.341 e. The second kappa shape index (κ2) is 7.59. The molecule has 1 heterocycles. The summed E-state index contributed by atoms with van der Waals surface area (Å²) >= 11 is 0. The molecule has 0 aliphatic carbocycles. The van der Waals surface area contributed by atoms with Gasteiger partial charge < -0.3 is 4.90 Å². The molecule has 120 valence electrons. The molecule has 1 aromatic carbocycles. The van der Waals surface area contributed by atoms with Gasteiger partial charge in [-0.05, 0) is 55.5 Å². The summed E-state index contributed by atoms with van der Waals surface area (Å²) in [5, 5.41) is 0. The number of rotatable bonds is 5. The average Bonchev–Trinajstić information content (AvgIpc) is 2.54. The second-order valence-corrected chi connectivity index (χ2v) is 6.00. The zero-order chi connectivity index (χ0) is 16.1. The third-order valence-electron chi connectivity index (χ3n) is 4.60. The molecule has 0 unspecified atom stereocenters. The highest BCUT2D eigenvalue weighted by Gasteiger charge is 2.22. The number of benzene rings is 1. The molecule has 0 saturated carbocycles. The maximum atomic E-state index is 12.0. The van der Waals surface area contributed by atoms with Crippen LogP contribution in [0.4, 0.5) is 0 Å². The number of likely N-dealkylation sites (N-methyl/N-ethyl adjacent to an activating group) is 1. The van der Waals surface area contributed by atoms with Crippen LogP contribution in [0.1, 0.15) is 44.4 Å². The maximum absolute atomic E-state index is 12.0. The van der Waals surface area contributed by atoms with Gasteiger partial charge in [0.1, 0.15) is 0 Å². The van der Waals surface area contributed by atoms with Crippen molar-refractivity contribution in [3.05, 3.63) is 41.0 Å². The molecule has 1 aliphatic rings. The molecule has 1 amide bonds. The first-order valence-electron chi connectivity index (χ1n) is 8.34. The zero-order valence-corrected chi connectivity index (χ0v) is 14.4. The third-order valence-corrected chi connectivity index (χ3v) is 4.60. The van der Waals surface area contributed by atoms with Gasteiger partial charge in [-0.2, -0.15) is 0 Å². The van der Waals surface area contributed by atoms with E-state index < -0.39 is 0 Å². The van der Waals surface area contributed by atoms with Gasteiger partial charge in [0.2, 0.25) is 5.91 Å². The molecule has 0 bridgehead atoms. The summed E-state index contributed by atoms with van der Waals surface area (Å²) in [5.41, 5.74) is 5.36. The van der Waals surface area contributed by atoms with Crippen molar-refractivity contribution in [2.45, 2.75) is 40.7 Å². The molecule has 0 radical (unpaired) electrons. The molecule has 1 aromatic rings. The van der Waals surface area contributed by atoms with E-state index in [1.807, 2.05) is 11.8 Å². The van der Waals surface area contributed by atoms with Crippen LogP contribution in [-0.4, -0.2) is 41.9 Å². The van der Waals surface area contributed by atoms with Crippen molar-refractivity contribution in [1.82, 2.24) is 9.80 Å². The number of allylic oxidation sites excluding steroid dienone is 2. The number of carbonyl (C=O) groups is 1. The standard InChI is InChI=1S/C19H28N2O/c1-5-15(4)18-12-16(8-9-17(18)6-2)13-20-10-11-21(7-3)19(22)14-20/h5,8-9,12H,6-7,10-11,13-14H2,1-4H3. The molecule has 3 heteroatoms. The molecule has 0 N–H and O–H groups in total. The second-order valence-electron chi connectivity index (χ2n) is 6.00. The third kappa shape index (κ3) is 3.77. The molecule has 3 nitrogen and oxygen atoms in total. The van der Waals surface area contributed by atoms with Crippen LogP contribution in [0.15, 0.2) is 24.3 Å². The molecular formula is C19H28N2O. The summed E-state index contributed by atoms with van der Waals surface area (Å²) in [4.78, 5) is 16.2. The lowest BCUT2D eigenvalue weighted by molar-refractivity contribution is -0.135. The van der Waals surface area contributed by atoms with E-state index in [9.17, 15) is 4.79 Å². The molecular weight excluding hydrogens is 272 g/mol. The van der Waals surface area contributed by atoms with Crippen molar-refractivity contribution in [2.24, 2.45) is 0 Å². The van der Waals surface area contributed by atoms with Crippen molar-refractivity contribution in [3.8, 4) is 0 Å². The van der Waals surface area contributed by atoms with E-state index in [4.69, 9.17) is 0 Å². The fourth-order valence-corrected chi connectivity index (χ4v) is 3.04. The number of carbonyl (C=O) groups excluding carboxylic acids is 1. The molecule has 0 atom stereocenters. The van der Waals surface area contributed by atoms with Gasteiger partial charge in [0, 0.05) is 26.2 Å². The van der Waals surface area contributed by atoms with E-state index in [0.29, 0.717) is 6.54 Å². The number of aryl methyl sites for hydroxylation is 1. The van der Waals surface area contributed by atoms with Gasteiger partial charge in [0.25, 0.3) is 0 Å². The quantitative estimate of drug-likeness (QED) is 0.832. The van der Waals surface area contributed by atoms with Crippen LogP contribution in [-0.2, 0) is 17.8 Å². The van der Waals surface area contributed by atoms with Gasteiger partial charge >= 0.3 is 0 Å². The fourth-order valence-electron chi connectivity index (χ4n) is 3.04. The molecule has 0 spiro atoms. The Morgan fingerprint density at radius 2 is 2.05 bits per heavy atom. The Morgan fingerprint density at radius 1 is 1.27 bits per heavy atom. The first kappa shape index (κ1) is 16.8. The normalized spacial score (nSPS) is 17.2. The van der Waals surface area contributed by atoms with Gasteiger partial charge in [-0.15, -0.1) is 0 Å². The summed E-state index contributed by atoms with van der Waals surface area (Å²) in [6.07, 6.45) is 3.22. The van der Waals surface area contributed by atoms with Crippen LogP contribution < -0.4 is 0 Å². The highest BCUT2D eigenvalue weighted by Crippen LogP contribution is 2.22. The minimum Gasteiger partial charge on any atom is -0.341 e. The van der Waals surface area contributed by atoms with Crippen molar-refractivity contribution >= 4 is 11.5 Å². The highest BCUT2D eigenvalue weighted by atomic mass is 16.2. The molecule has 0 aromatic heterocycles. The smallest absolute Gasteiger partial charge is 0.236 e. The number of amides is 1. The molecule has 1 fully saturated rings. The predicted molar refractivity (Wildman–Crippen MR) is 92.7 cm³/mol. The Hall–Kier alpha value is -1.61. The van der Waals surface area contributed by atoms with Crippen LogP contribution in [0.25, 0.3) is 5.57 Å². The van der Waals surface area contributed by atoms with Crippen LogP contribution in [0, 0.1) is 0 Å². The lowest BCUT2D eigenvalue weighted by Crippen LogP contribution is -2.49.